The first-order valence-corrected chi connectivity index (χ1v) is 7.32. The molecular formula is C16H22N4O2. The Labute approximate surface area is 130 Å². The summed E-state index contributed by atoms with van der Waals surface area (Å²) < 4.78 is 10.6. The molecule has 1 N–H and O–H groups in total. The number of rotatable bonds is 8. The minimum atomic E-state index is 0.229. The monoisotopic (exact) mass is 302 g/mol. The predicted octanol–water partition coefficient (Wildman–Crippen LogP) is 2.63. The van der Waals surface area contributed by atoms with E-state index >= 15 is 0 Å². The molecule has 0 atom stereocenters. The Morgan fingerprint density at radius 3 is 2.59 bits per heavy atom. The van der Waals surface area contributed by atoms with Crippen LogP contribution in [0, 0.1) is 0 Å². The molecule has 2 aromatic rings. The van der Waals surface area contributed by atoms with Gasteiger partial charge in [0.25, 0.3) is 0 Å². The fourth-order valence-corrected chi connectivity index (χ4v) is 1.79. The largest absolute Gasteiger partial charge is 0.475 e. The van der Waals surface area contributed by atoms with Crippen LogP contribution >= 0.6 is 0 Å². The van der Waals surface area contributed by atoms with Gasteiger partial charge in [-0.15, -0.1) is 0 Å². The normalized spacial score (nSPS) is 10.7. The minimum Gasteiger partial charge on any atom is -0.475 e. The Kier molecular flexibility index (Phi) is 6.09. The van der Waals surface area contributed by atoms with E-state index in [1.165, 1.54) is 0 Å². The van der Waals surface area contributed by atoms with E-state index in [1.54, 1.807) is 19.5 Å². The number of nitrogens with zero attached hydrogens (tertiary/aromatic N) is 3. The van der Waals surface area contributed by atoms with Crippen LogP contribution in [0.5, 0.6) is 5.88 Å². The smallest absolute Gasteiger partial charge is 0.218 e. The van der Waals surface area contributed by atoms with Crippen molar-refractivity contribution in [1.29, 1.82) is 0 Å². The molecule has 118 valence electrons. The van der Waals surface area contributed by atoms with Gasteiger partial charge in [-0.3, -0.25) is 4.98 Å². The Morgan fingerprint density at radius 2 is 1.91 bits per heavy atom. The highest BCUT2D eigenvalue weighted by Gasteiger charge is 2.09. The van der Waals surface area contributed by atoms with Gasteiger partial charge in [-0.25, -0.2) is 4.98 Å². The molecule has 22 heavy (non-hydrogen) atoms. The Morgan fingerprint density at radius 1 is 1.14 bits per heavy atom. The van der Waals surface area contributed by atoms with E-state index in [9.17, 15) is 0 Å². The molecule has 0 saturated carbocycles. The third-order valence-electron chi connectivity index (χ3n) is 3.00. The SMILES string of the molecule is COCCOc1cc(NCc2ccncc2)nc(C(C)C)n1. The van der Waals surface area contributed by atoms with Crippen LogP contribution in [-0.4, -0.2) is 35.3 Å². The van der Waals surface area contributed by atoms with Crippen LogP contribution in [0.15, 0.2) is 30.6 Å². The van der Waals surface area contributed by atoms with Gasteiger partial charge in [0.2, 0.25) is 5.88 Å². The maximum absolute atomic E-state index is 5.60. The van der Waals surface area contributed by atoms with Crippen molar-refractivity contribution in [2.75, 3.05) is 25.6 Å². The van der Waals surface area contributed by atoms with Gasteiger partial charge >= 0.3 is 0 Å². The molecule has 2 rings (SSSR count). The zero-order valence-corrected chi connectivity index (χ0v) is 13.2. The van der Waals surface area contributed by atoms with E-state index in [0.29, 0.717) is 25.6 Å². The van der Waals surface area contributed by atoms with Gasteiger partial charge in [0, 0.05) is 38.0 Å². The number of methoxy groups -OCH3 is 1. The average Bonchev–Trinajstić information content (AvgIpc) is 2.54. The molecule has 2 aromatic heterocycles. The summed E-state index contributed by atoms with van der Waals surface area (Å²) >= 11 is 0. The van der Waals surface area contributed by atoms with Crippen molar-refractivity contribution < 1.29 is 9.47 Å². The van der Waals surface area contributed by atoms with Crippen LogP contribution in [-0.2, 0) is 11.3 Å². The zero-order valence-electron chi connectivity index (χ0n) is 13.2. The first kappa shape index (κ1) is 16.2. The van der Waals surface area contributed by atoms with Crippen molar-refractivity contribution in [1.82, 2.24) is 15.0 Å². The van der Waals surface area contributed by atoms with Crippen molar-refractivity contribution in [2.24, 2.45) is 0 Å². The lowest BCUT2D eigenvalue weighted by Crippen LogP contribution is -2.10. The fourth-order valence-electron chi connectivity index (χ4n) is 1.79. The second-order valence-corrected chi connectivity index (χ2v) is 5.15. The molecular weight excluding hydrogens is 280 g/mol. The molecule has 0 fully saturated rings. The third-order valence-corrected chi connectivity index (χ3v) is 3.00. The molecule has 0 saturated heterocycles. The molecule has 6 heteroatoms. The van der Waals surface area contributed by atoms with Crippen LogP contribution in [0.4, 0.5) is 5.82 Å². The number of aromatic nitrogens is 3. The highest BCUT2D eigenvalue weighted by molar-refractivity contribution is 5.39. The van der Waals surface area contributed by atoms with Gasteiger partial charge < -0.3 is 14.8 Å². The highest BCUT2D eigenvalue weighted by atomic mass is 16.5. The van der Waals surface area contributed by atoms with Gasteiger partial charge in [0.05, 0.1) is 6.61 Å². The summed E-state index contributed by atoms with van der Waals surface area (Å²) in [4.78, 5) is 13.0. The van der Waals surface area contributed by atoms with Crippen LogP contribution in [0.25, 0.3) is 0 Å². The lowest BCUT2D eigenvalue weighted by Gasteiger charge is -2.12. The van der Waals surface area contributed by atoms with Crippen molar-refractivity contribution >= 4 is 5.82 Å². The minimum absolute atomic E-state index is 0.229. The quantitative estimate of drug-likeness (QED) is 0.756. The van der Waals surface area contributed by atoms with Gasteiger partial charge in [-0.2, -0.15) is 4.98 Å². The summed E-state index contributed by atoms with van der Waals surface area (Å²) in [5, 5.41) is 3.30. The first-order valence-electron chi connectivity index (χ1n) is 7.32. The van der Waals surface area contributed by atoms with E-state index in [2.05, 4.69) is 34.1 Å². The molecule has 2 heterocycles. The van der Waals surface area contributed by atoms with Crippen molar-refractivity contribution in [3.8, 4) is 5.88 Å². The summed E-state index contributed by atoms with van der Waals surface area (Å²) in [6.45, 7) is 5.78. The molecule has 0 bridgehead atoms. The molecule has 6 nitrogen and oxygen atoms in total. The number of ether oxygens (including phenoxy) is 2. The van der Waals surface area contributed by atoms with Crippen LogP contribution in [0.2, 0.25) is 0 Å². The van der Waals surface area contributed by atoms with Crippen LogP contribution in [0.3, 0.4) is 0 Å². The van der Waals surface area contributed by atoms with Crippen molar-refractivity contribution in [3.63, 3.8) is 0 Å². The third kappa shape index (κ3) is 4.96. The number of anilines is 1. The summed E-state index contributed by atoms with van der Waals surface area (Å²) in [5.74, 6) is 2.30. The highest BCUT2D eigenvalue weighted by Crippen LogP contribution is 2.19. The molecule has 0 aliphatic heterocycles. The molecule has 0 radical (unpaired) electrons. The van der Waals surface area contributed by atoms with Crippen molar-refractivity contribution in [3.05, 3.63) is 42.0 Å². The molecule has 0 amide bonds. The van der Waals surface area contributed by atoms with Gasteiger partial charge in [0.15, 0.2) is 0 Å². The number of hydrogen-bond acceptors (Lipinski definition) is 6. The maximum atomic E-state index is 5.60. The zero-order chi connectivity index (χ0) is 15.8. The number of pyridine rings is 1. The van der Waals surface area contributed by atoms with Crippen LogP contribution < -0.4 is 10.1 Å². The number of hydrogen-bond donors (Lipinski definition) is 1. The second kappa shape index (κ2) is 8.29. The lowest BCUT2D eigenvalue weighted by molar-refractivity contribution is 0.143. The fraction of sp³-hybridized carbons (Fsp3) is 0.438. The van der Waals surface area contributed by atoms with Crippen molar-refractivity contribution in [2.45, 2.75) is 26.3 Å². The predicted molar refractivity (Wildman–Crippen MR) is 85.1 cm³/mol. The molecule has 0 spiro atoms. The van der Waals surface area contributed by atoms with E-state index in [4.69, 9.17) is 9.47 Å². The summed E-state index contributed by atoms with van der Waals surface area (Å²) in [5.41, 5.74) is 1.14. The van der Waals surface area contributed by atoms with E-state index in [1.807, 2.05) is 18.2 Å². The Balaban J connectivity index is 2.08. The first-order chi connectivity index (χ1) is 10.7. The molecule has 0 aliphatic rings. The second-order valence-electron chi connectivity index (χ2n) is 5.15. The van der Waals surface area contributed by atoms with E-state index in [0.717, 1.165) is 17.2 Å². The standard InChI is InChI=1S/C16H22N4O2/c1-12(2)16-19-14(10-15(20-16)22-9-8-21-3)18-11-13-4-6-17-7-5-13/h4-7,10,12H,8-9,11H2,1-3H3,(H,18,19,20). The topological polar surface area (TPSA) is 69.2 Å². The Hall–Kier alpha value is -2.21. The van der Waals surface area contributed by atoms with E-state index in [-0.39, 0.29) is 5.92 Å². The summed E-state index contributed by atoms with van der Waals surface area (Å²) in [6.07, 6.45) is 3.55. The van der Waals surface area contributed by atoms with Gasteiger partial charge in [-0.05, 0) is 17.7 Å². The average molecular weight is 302 g/mol. The summed E-state index contributed by atoms with van der Waals surface area (Å²) in [6, 6.07) is 5.74. The summed E-state index contributed by atoms with van der Waals surface area (Å²) in [7, 11) is 1.64. The molecule has 0 aromatic carbocycles. The van der Waals surface area contributed by atoms with Gasteiger partial charge in [-0.1, -0.05) is 13.8 Å². The van der Waals surface area contributed by atoms with E-state index < -0.39 is 0 Å². The molecule has 0 unspecified atom stereocenters. The number of nitrogens with one attached hydrogen (secondary N) is 1. The Bertz CT molecular complexity index is 576. The maximum Gasteiger partial charge on any atom is 0.218 e. The lowest BCUT2D eigenvalue weighted by atomic mass is 10.2. The molecule has 0 aliphatic carbocycles. The van der Waals surface area contributed by atoms with Gasteiger partial charge in [0.1, 0.15) is 18.2 Å². The van der Waals surface area contributed by atoms with Crippen LogP contribution in [0.1, 0.15) is 31.2 Å².